The molecule has 7 heteroatoms. The molecular weight excluding hydrogens is 338 g/mol. The predicted octanol–water partition coefficient (Wildman–Crippen LogP) is 3.53. The number of esters is 2. The highest BCUT2D eigenvalue weighted by Gasteiger charge is 2.34. The molecule has 1 fully saturated rings. The minimum absolute atomic E-state index is 0.0999. The molecule has 2 aromatic carbocycles. The fraction of sp³-hybridized carbons (Fsp3) is 0.263. The van der Waals surface area contributed by atoms with E-state index in [1.807, 2.05) is 0 Å². The van der Waals surface area contributed by atoms with E-state index in [9.17, 15) is 19.7 Å². The molecule has 2 unspecified atom stereocenters. The van der Waals surface area contributed by atoms with Gasteiger partial charge in [0, 0.05) is 12.1 Å². The number of rotatable bonds is 5. The predicted molar refractivity (Wildman–Crippen MR) is 91.8 cm³/mol. The Morgan fingerprint density at radius 2 is 1.35 bits per heavy atom. The maximum absolute atomic E-state index is 12.3. The second kappa shape index (κ2) is 7.77. The van der Waals surface area contributed by atoms with Crippen molar-refractivity contribution < 1.29 is 24.0 Å². The Hall–Kier alpha value is -3.22. The van der Waals surface area contributed by atoms with Crippen molar-refractivity contribution in [3.63, 3.8) is 0 Å². The zero-order valence-corrected chi connectivity index (χ0v) is 13.9. The first kappa shape index (κ1) is 17.6. The van der Waals surface area contributed by atoms with Gasteiger partial charge in [-0.25, -0.2) is 9.59 Å². The molecule has 26 heavy (non-hydrogen) atoms. The zero-order chi connectivity index (χ0) is 18.5. The average molecular weight is 355 g/mol. The quantitative estimate of drug-likeness (QED) is 0.462. The van der Waals surface area contributed by atoms with Crippen LogP contribution in [0.25, 0.3) is 0 Å². The van der Waals surface area contributed by atoms with Crippen LogP contribution < -0.4 is 0 Å². The lowest BCUT2D eigenvalue weighted by molar-refractivity contribution is -0.384. The van der Waals surface area contributed by atoms with Crippen LogP contribution in [0.3, 0.4) is 0 Å². The van der Waals surface area contributed by atoms with E-state index in [1.165, 1.54) is 24.3 Å². The summed E-state index contributed by atoms with van der Waals surface area (Å²) in [4.78, 5) is 34.6. The Bertz CT molecular complexity index is 803. The van der Waals surface area contributed by atoms with Crippen LogP contribution in [-0.4, -0.2) is 29.1 Å². The van der Waals surface area contributed by atoms with Crippen molar-refractivity contribution in [2.45, 2.75) is 31.5 Å². The maximum atomic E-state index is 12.3. The van der Waals surface area contributed by atoms with Crippen LogP contribution in [-0.2, 0) is 9.47 Å². The SMILES string of the molecule is O=C(OC1CCCC1OC(=O)c1ccc([N+](=O)[O-])cc1)c1ccccc1. The van der Waals surface area contributed by atoms with Gasteiger partial charge in [-0.2, -0.15) is 0 Å². The molecule has 0 amide bonds. The van der Waals surface area contributed by atoms with Crippen molar-refractivity contribution in [2.75, 3.05) is 0 Å². The van der Waals surface area contributed by atoms with E-state index < -0.39 is 29.1 Å². The fourth-order valence-corrected chi connectivity index (χ4v) is 2.87. The minimum Gasteiger partial charge on any atom is -0.455 e. The van der Waals surface area contributed by atoms with Crippen molar-refractivity contribution in [2.24, 2.45) is 0 Å². The first-order valence-corrected chi connectivity index (χ1v) is 8.26. The highest BCUT2D eigenvalue weighted by molar-refractivity contribution is 5.90. The third kappa shape index (κ3) is 4.05. The third-order valence-electron chi connectivity index (χ3n) is 4.23. The molecule has 2 atom stereocenters. The number of nitro benzene ring substituents is 1. The second-order valence-corrected chi connectivity index (χ2v) is 5.99. The van der Waals surface area contributed by atoms with Gasteiger partial charge in [0.2, 0.25) is 0 Å². The lowest BCUT2D eigenvalue weighted by Crippen LogP contribution is -2.30. The van der Waals surface area contributed by atoms with E-state index >= 15 is 0 Å². The Balaban J connectivity index is 1.62. The zero-order valence-electron chi connectivity index (χ0n) is 13.9. The molecule has 1 saturated carbocycles. The average Bonchev–Trinajstić information content (AvgIpc) is 3.09. The molecule has 3 rings (SSSR count). The van der Waals surface area contributed by atoms with E-state index in [-0.39, 0.29) is 11.3 Å². The fourth-order valence-electron chi connectivity index (χ4n) is 2.87. The molecule has 0 radical (unpaired) electrons. The van der Waals surface area contributed by atoms with Crippen molar-refractivity contribution in [3.05, 3.63) is 75.8 Å². The molecule has 0 aromatic heterocycles. The lowest BCUT2D eigenvalue weighted by atomic mass is 10.2. The summed E-state index contributed by atoms with van der Waals surface area (Å²) in [5.41, 5.74) is 0.563. The Morgan fingerprint density at radius 3 is 1.85 bits per heavy atom. The van der Waals surface area contributed by atoms with Crippen LogP contribution in [0.2, 0.25) is 0 Å². The molecule has 2 aromatic rings. The van der Waals surface area contributed by atoms with Crippen molar-refractivity contribution in [1.29, 1.82) is 0 Å². The van der Waals surface area contributed by atoms with Gasteiger partial charge in [-0.3, -0.25) is 10.1 Å². The Labute approximate surface area is 149 Å². The van der Waals surface area contributed by atoms with Gasteiger partial charge < -0.3 is 9.47 Å². The van der Waals surface area contributed by atoms with Gasteiger partial charge in [0.15, 0.2) is 0 Å². The Kier molecular flexibility index (Phi) is 5.26. The number of carbonyl (C=O) groups is 2. The minimum atomic E-state index is -0.590. The first-order chi connectivity index (χ1) is 12.5. The largest absolute Gasteiger partial charge is 0.455 e. The van der Waals surface area contributed by atoms with Crippen LogP contribution in [0.5, 0.6) is 0 Å². The third-order valence-corrected chi connectivity index (χ3v) is 4.23. The first-order valence-electron chi connectivity index (χ1n) is 8.26. The van der Waals surface area contributed by atoms with E-state index in [0.29, 0.717) is 18.4 Å². The summed E-state index contributed by atoms with van der Waals surface area (Å²) >= 11 is 0. The number of non-ortho nitro benzene ring substituents is 1. The molecule has 1 aliphatic carbocycles. The van der Waals surface area contributed by atoms with E-state index in [1.54, 1.807) is 30.3 Å². The van der Waals surface area contributed by atoms with Gasteiger partial charge in [0.1, 0.15) is 12.2 Å². The van der Waals surface area contributed by atoms with E-state index in [4.69, 9.17) is 9.47 Å². The Morgan fingerprint density at radius 1 is 0.846 bits per heavy atom. The molecule has 0 heterocycles. The molecule has 0 bridgehead atoms. The number of hydrogen-bond donors (Lipinski definition) is 0. The number of ether oxygens (including phenoxy) is 2. The number of hydrogen-bond acceptors (Lipinski definition) is 6. The van der Waals surface area contributed by atoms with Gasteiger partial charge in [-0.15, -0.1) is 0 Å². The molecule has 134 valence electrons. The van der Waals surface area contributed by atoms with Gasteiger partial charge >= 0.3 is 11.9 Å². The van der Waals surface area contributed by atoms with Crippen molar-refractivity contribution in [1.82, 2.24) is 0 Å². The summed E-state index contributed by atoms with van der Waals surface area (Å²) in [7, 11) is 0. The summed E-state index contributed by atoms with van der Waals surface area (Å²) in [5, 5.41) is 10.7. The topological polar surface area (TPSA) is 95.7 Å². The molecule has 0 saturated heterocycles. The summed E-state index contributed by atoms with van der Waals surface area (Å²) in [6.45, 7) is 0. The monoisotopic (exact) mass is 355 g/mol. The van der Waals surface area contributed by atoms with Crippen molar-refractivity contribution in [3.8, 4) is 0 Å². The van der Waals surface area contributed by atoms with E-state index in [0.717, 1.165) is 6.42 Å². The molecule has 7 nitrogen and oxygen atoms in total. The smallest absolute Gasteiger partial charge is 0.338 e. The van der Waals surface area contributed by atoms with E-state index in [2.05, 4.69) is 0 Å². The van der Waals surface area contributed by atoms with Gasteiger partial charge in [0.25, 0.3) is 5.69 Å². The highest BCUT2D eigenvalue weighted by atomic mass is 16.6. The number of nitro groups is 1. The summed E-state index contributed by atoms with van der Waals surface area (Å²) in [5.74, 6) is -1.04. The molecule has 0 aliphatic heterocycles. The summed E-state index contributed by atoms with van der Waals surface area (Å²) in [6.07, 6.45) is 0.989. The van der Waals surface area contributed by atoms with Crippen LogP contribution in [0.4, 0.5) is 5.69 Å². The molecule has 0 spiro atoms. The number of carbonyl (C=O) groups excluding carboxylic acids is 2. The number of nitrogens with zero attached hydrogens (tertiary/aromatic N) is 1. The van der Waals surface area contributed by atoms with Crippen LogP contribution in [0.15, 0.2) is 54.6 Å². The normalized spacial score (nSPS) is 18.9. The highest BCUT2D eigenvalue weighted by Crippen LogP contribution is 2.27. The lowest BCUT2D eigenvalue weighted by Gasteiger charge is -2.20. The van der Waals surface area contributed by atoms with Crippen LogP contribution >= 0.6 is 0 Å². The summed E-state index contributed by atoms with van der Waals surface area (Å²) in [6, 6.07) is 13.8. The van der Waals surface area contributed by atoms with Crippen molar-refractivity contribution >= 4 is 17.6 Å². The van der Waals surface area contributed by atoms with Gasteiger partial charge in [-0.1, -0.05) is 18.2 Å². The molecule has 0 N–H and O–H groups in total. The number of benzene rings is 2. The standard InChI is InChI=1S/C19H17NO6/c21-18(13-5-2-1-3-6-13)25-16-7-4-8-17(16)26-19(22)14-9-11-15(12-10-14)20(23)24/h1-3,5-6,9-12,16-17H,4,7-8H2. The van der Waals surface area contributed by atoms with Gasteiger partial charge in [0.05, 0.1) is 16.1 Å². The summed E-state index contributed by atoms with van der Waals surface area (Å²) < 4.78 is 11.0. The van der Waals surface area contributed by atoms with Gasteiger partial charge in [-0.05, 0) is 43.5 Å². The molecular formula is C19H17NO6. The van der Waals surface area contributed by atoms with Crippen LogP contribution in [0, 0.1) is 10.1 Å². The van der Waals surface area contributed by atoms with Crippen LogP contribution in [0.1, 0.15) is 40.0 Å². The second-order valence-electron chi connectivity index (χ2n) is 5.99. The molecule has 1 aliphatic rings. The maximum Gasteiger partial charge on any atom is 0.338 e.